The second kappa shape index (κ2) is 6.96. The number of fused-ring (bicyclic) bond motifs is 2. The number of H-pyrrole nitrogens is 1. The number of aromatic nitrogens is 5. The maximum absolute atomic E-state index is 13.1. The zero-order chi connectivity index (χ0) is 20.0. The van der Waals surface area contributed by atoms with Gasteiger partial charge in [0, 0.05) is 37.7 Å². The predicted octanol–water partition coefficient (Wildman–Crippen LogP) is 0.950. The number of amides is 2. The number of imidazole rings is 1. The highest BCUT2D eigenvalue weighted by molar-refractivity contribution is 5.82. The molecule has 3 aliphatic rings. The predicted molar refractivity (Wildman–Crippen MR) is 103 cm³/mol. The molecular formula is C20H27N7O2. The van der Waals surface area contributed by atoms with Crippen molar-refractivity contribution < 1.29 is 9.59 Å². The van der Waals surface area contributed by atoms with Gasteiger partial charge in [0.1, 0.15) is 12.7 Å². The minimum absolute atomic E-state index is 0.133. The van der Waals surface area contributed by atoms with Crippen LogP contribution in [0.2, 0.25) is 0 Å². The largest absolute Gasteiger partial charge is 0.348 e. The number of rotatable bonds is 4. The van der Waals surface area contributed by atoms with Gasteiger partial charge in [-0.3, -0.25) is 14.3 Å². The zero-order valence-electron chi connectivity index (χ0n) is 16.8. The highest BCUT2D eigenvalue weighted by Crippen LogP contribution is 2.45. The first-order valence-electron chi connectivity index (χ1n) is 10.5. The van der Waals surface area contributed by atoms with Crippen LogP contribution in [0.25, 0.3) is 0 Å². The van der Waals surface area contributed by atoms with Crippen LogP contribution < -0.4 is 0 Å². The highest BCUT2D eigenvalue weighted by Gasteiger charge is 2.51. The summed E-state index contributed by atoms with van der Waals surface area (Å²) in [4.78, 5) is 41.9. The summed E-state index contributed by atoms with van der Waals surface area (Å²) in [6, 6.07) is 0. The Bertz CT molecular complexity index is 894. The summed E-state index contributed by atoms with van der Waals surface area (Å²) >= 11 is 0. The van der Waals surface area contributed by atoms with Crippen molar-refractivity contribution in [2.45, 2.75) is 51.1 Å². The van der Waals surface area contributed by atoms with Crippen LogP contribution in [0.4, 0.5) is 0 Å². The molecule has 9 heteroatoms. The Kier molecular flexibility index (Phi) is 4.40. The van der Waals surface area contributed by atoms with Crippen LogP contribution in [0.15, 0.2) is 19.0 Å². The Balaban J connectivity index is 1.33. The summed E-state index contributed by atoms with van der Waals surface area (Å²) in [7, 11) is 0. The van der Waals surface area contributed by atoms with E-state index in [-0.39, 0.29) is 29.2 Å². The smallest absolute Gasteiger partial charge is 0.227 e. The van der Waals surface area contributed by atoms with Crippen molar-refractivity contribution in [2.24, 2.45) is 11.8 Å². The van der Waals surface area contributed by atoms with Crippen molar-refractivity contribution in [3.05, 3.63) is 30.4 Å². The summed E-state index contributed by atoms with van der Waals surface area (Å²) in [6.45, 7) is 4.48. The molecule has 1 unspecified atom stereocenters. The molecule has 154 valence electrons. The van der Waals surface area contributed by atoms with Crippen molar-refractivity contribution in [2.75, 3.05) is 19.6 Å². The first kappa shape index (κ1) is 18.3. The third kappa shape index (κ3) is 3.12. The molecule has 1 N–H and O–H groups in total. The van der Waals surface area contributed by atoms with E-state index in [1.165, 1.54) is 6.33 Å². The number of carbonyl (C=O) groups excluding carboxylic acids is 2. The van der Waals surface area contributed by atoms with Crippen molar-refractivity contribution in [1.82, 2.24) is 34.5 Å². The number of aromatic amines is 1. The average molecular weight is 397 g/mol. The lowest BCUT2D eigenvalue weighted by Crippen LogP contribution is -2.59. The molecule has 0 aromatic carbocycles. The van der Waals surface area contributed by atoms with Gasteiger partial charge < -0.3 is 14.8 Å². The Morgan fingerprint density at radius 2 is 2.07 bits per heavy atom. The molecule has 1 aliphatic carbocycles. The summed E-state index contributed by atoms with van der Waals surface area (Å²) in [5.41, 5.74) is 1.78. The maximum atomic E-state index is 13.1. The van der Waals surface area contributed by atoms with Crippen molar-refractivity contribution in [1.29, 1.82) is 0 Å². The van der Waals surface area contributed by atoms with E-state index in [0.717, 1.165) is 50.0 Å². The third-order valence-electron chi connectivity index (χ3n) is 6.71. The fraction of sp³-hybridized carbons (Fsp3) is 0.650. The monoisotopic (exact) mass is 397 g/mol. The molecule has 2 aromatic rings. The summed E-state index contributed by atoms with van der Waals surface area (Å²) < 4.78 is 1.70. The Hall–Kier alpha value is -2.71. The van der Waals surface area contributed by atoms with Gasteiger partial charge in [-0.1, -0.05) is 6.92 Å². The molecule has 1 spiro atoms. The van der Waals surface area contributed by atoms with E-state index in [4.69, 9.17) is 0 Å². The molecule has 9 nitrogen and oxygen atoms in total. The number of hydrogen-bond acceptors (Lipinski definition) is 5. The quantitative estimate of drug-likeness (QED) is 0.828. The van der Waals surface area contributed by atoms with Crippen LogP contribution in [-0.2, 0) is 28.1 Å². The fourth-order valence-corrected chi connectivity index (χ4v) is 4.95. The van der Waals surface area contributed by atoms with Gasteiger partial charge in [-0.05, 0) is 25.7 Å². The number of nitrogens with zero attached hydrogens (tertiary/aromatic N) is 6. The molecule has 4 heterocycles. The second-order valence-corrected chi connectivity index (χ2v) is 8.62. The van der Waals surface area contributed by atoms with Gasteiger partial charge in [0.15, 0.2) is 0 Å². The molecular weight excluding hydrogens is 370 g/mol. The molecule has 29 heavy (non-hydrogen) atoms. The standard InChI is InChI=1S/C20H27N7O2/c1-14(10-26-13-21-11-24-26)18(28)25-8-5-20(6-9-25)17-16(22-12-23-17)4-7-27(20)19(29)15-2-3-15/h11-15H,2-10H2,1H3,(H,22,23). The summed E-state index contributed by atoms with van der Waals surface area (Å²) in [5.74, 6) is 0.434. The number of hydrogen-bond donors (Lipinski definition) is 1. The molecule has 2 aliphatic heterocycles. The van der Waals surface area contributed by atoms with Crippen LogP contribution in [-0.4, -0.2) is 66.0 Å². The Labute approximate surface area is 169 Å². The average Bonchev–Trinajstić information content (AvgIpc) is 3.24. The molecule has 5 rings (SSSR count). The van der Waals surface area contributed by atoms with E-state index in [0.29, 0.717) is 19.6 Å². The van der Waals surface area contributed by atoms with E-state index >= 15 is 0 Å². The molecule has 1 saturated heterocycles. The SMILES string of the molecule is CC(Cn1cncn1)C(=O)N1CCC2(CC1)c1nc[nH]c1CCN2C(=O)C1CC1. The first-order chi connectivity index (χ1) is 14.1. The normalized spacial score (nSPS) is 21.8. The molecule has 2 aromatic heterocycles. The highest BCUT2D eigenvalue weighted by atomic mass is 16.2. The van der Waals surface area contributed by atoms with Gasteiger partial charge in [-0.15, -0.1) is 0 Å². The lowest BCUT2D eigenvalue weighted by molar-refractivity contribution is -0.146. The summed E-state index contributed by atoms with van der Waals surface area (Å²) in [6.07, 6.45) is 9.18. The van der Waals surface area contributed by atoms with Crippen LogP contribution in [0.5, 0.6) is 0 Å². The zero-order valence-corrected chi connectivity index (χ0v) is 16.8. The van der Waals surface area contributed by atoms with E-state index in [2.05, 4.69) is 25.0 Å². The lowest BCUT2D eigenvalue weighted by Gasteiger charge is -2.50. The van der Waals surface area contributed by atoms with Crippen LogP contribution >= 0.6 is 0 Å². The van der Waals surface area contributed by atoms with Crippen molar-refractivity contribution in [3.63, 3.8) is 0 Å². The van der Waals surface area contributed by atoms with E-state index in [1.807, 2.05) is 11.8 Å². The van der Waals surface area contributed by atoms with Crippen molar-refractivity contribution >= 4 is 11.8 Å². The minimum Gasteiger partial charge on any atom is -0.348 e. The summed E-state index contributed by atoms with van der Waals surface area (Å²) in [5, 5.41) is 4.10. The van der Waals surface area contributed by atoms with Gasteiger partial charge in [0.05, 0.1) is 30.0 Å². The van der Waals surface area contributed by atoms with Gasteiger partial charge in [0.2, 0.25) is 11.8 Å². The van der Waals surface area contributed by atoms with Crippen LogP contribution in [0.3, 0.4) is 0 Å². The number of nitrogens with one attached hydrogen (secondary N) is 1. The Morgan fingerprint density at radius 3 is 2.76 bits per heavy atom. The lowest BCUT2D eigenvalue weighted by atomic mass is 9.78. The topological polar surface area (TPSA) is 100 Å². The van der Waals surface area contributed by atoms with Crippen LogP contribution in [0, 0.1) is 11.8 Å². The molecule has 2 amide bonds. The van der Waals surface area contributed by atoms with Crippen molar-refractivity contribution in [3.8, 4) is 0 Å². The number of carbonyl (C=O) groups is 2. The van der Waals surface area contributed by atoms with Crippen LogP contribution in [0.1, 0.15) is 44.0 Å². The molecule has 0 bridgehead atoms. The van der Waals surface area contributed by atoms with E-state index < -0.39 is 0 Å². The van der Waals surface area contributed by atoms with E-state index in [1.54, 1.807) is 17.3 Å². The molecule has 2 fully saturated rings. The molecule has 1 atom stereocenters. The van der Waals surface area contributed by atoms with Gasteiger partial charge in [-0.25, -0.2) is 9.97 Å². The van der Waals surface area contributed by atoms with E-state index in [9.17, 15) is 9.59 Å². The first-order valence-corrected chi connectivity index (χ1v) is 10.5. The second-order valence-electron chi connectivity index (χ2n) is 8.62. The van der Waals surface area contributed by atoms with Gasteiger partial charge >= 0.3 is 0 Å². The fourth-order valence-electron chi connectivity index (χ4n) is 4.95. The maximum Gasteiger partial charge on any atom is 0.227 e. The van der Waals surface area contributed by atoms with Gasteiger partial charge in [0.25, 0.3) is 0 Å². The molecule has 1 saturated carbocycles. The number of likely N-dealkylation sites (tertiary alicyclic amines) is 1. The minimum atomic E-state index is -0.376. The third-order valence-corrected chi connectivity index (χ3v) is 6.71. The number of piperidine rings is 1. The Morgan fingerprint density at radius 1 is 1.28 bits per heavy atom. The molecule has 0 radical (unpaired) electrons. The van der Waals surface area contributed by atoms with Gasteiger partial charge in [-0.2, -0.15) is 5.10 Å².